The van der Waals surface area contributed by atoms with Crippen LogP contribution in [0.4, 0.5) is 0 Å². The highest BCUT2D eigenvalue weighted by molar-refractivity contribution is 6.50. The molecular weight excluding hydrogens is 279 g/mol. The van der Waals surface area contributed by atoms with Gasteiger partial charge in [-0.2, -0.15) is 15.0 Å². The Labute approximate surface area is 99.3 Å². The van der Waals surface area contributed by atoms with E-state index in [-0.39, 0.29) is 22.3 Å². The van der Waals surface area contributed by atoms with Crippen molar-refractivity contribution in [2.75, 3.05) is 5.88 Å². The summed E-state index contributed by atoms with van der Waals surface area (Å²) in [7, 11) is 0. The van der Waals surface area contributed by atoms with Gasteiger partial charge in [0.2, 0.25) is 10.6 Å². The van der Waals surface area contributed by atoms with Gasteiger partial charge >= 0.3 is 0 Å². The Morgan fingerprint density at radius 2 is 1.46 bits per heavy atom. The molecule has 1 aromatic rings. The van der Waals surface area contributed by atoms with E-state index < -0.39 is 4.33 Å². The molecular formula is C5H2Cl5N3. The van der Waals surface area contributed by atoms with E-state index in [9.17, 15) is 0 Å². The molecule has 0 atom stereocenters. The lowest BCUT2D eigenvalue weighted by atomic mass is 10.4. The van der Waals surface area contributed by atoms with Gasteiger partial charge in [-0.05, 0) is 23.2 Å². The zero-order chi connectivity index (χ0) is 10.1. The third-order valence-electron chi connectivity index (χ3n) is 1.08. The molecule has 0 bridgehead atoms. The van der Waals surface area contributed by atoms with E-state index >= 15 is 0 Å². The Morgan fingerprint density at radius 3 is 1.85 bits per heavy atom. The molecule has 0 aliphatic heterocycles. The fourth-order valence-corrected chi connectivity index (χ4v) is 1.20. The summed E-state index contributed by atoms with van der Waals surface area (Å²) in [6.07, 6.45) is 0. The van der Waals surface area contributed by atoms with Crippen molar-refractivity contribution in [2.24, 2.45) is 0 Å². The van der Waals surface area contributed by atoms with Crippen LogP contribution in [0.5, 0.6) is 0 Å². The molecule has 13 heavy (non-hydrogen) atoms. The minimum absolute atomic E-state index is 0.0378. The van der Waals surface area contributed by atoms with Crippen molar-refractivity contribution in [3.63, 3.8) is 0 Å². The standard InChI is InChI=1S/C5H2Cl5N3/c6-1-5(9,10)2-11-3(7)13-4(8)12-2/h1H2. The predicted molar refractivity (Wildman–Crippen MR) is 54.0 cm³/mol. The highest BCUT2D eigenvalue weighted by atomic mass is 35.5. The summed E-state index contributed by atoms with van der Waals surface area (Å²) in [6.45, 7) is 0. The molecule has 1 aromatic heterocycles. The van der Waals surface area contributed by atoms with Gasteiger partial charge in [-0.3, -0.25) is 0 Å². The van der Waals surface area contributed by atoms with Crippen molar-refractivity contribution in [1.29, 1.82) is 0 Å². The number of halogens is 5. The van der Waals surface area contributed by atoms with Crippen molar-refractivity contribution in [2.45, 2.75) is 4.33 Å². The molecule has 3 nitrogen and oxygen atoms in total. The van der Waals surface area contributed by atoms with Crippen molar-refractivity contribution >= 4 is 58.0 Å². The Morgan fingerprint density at radius 1 is 1.00 bits per heavy atom. The van der Waals surface area contributed by atoms with Gasteiger partial charge in [0.05, 0.1) is 5.88 Å². The van der Waals surface area contributed by atoms with Crippen molar-refractivity contribution in [1.82, 2.24) is 15.0 Å². The molecule has 0 fully saturated rings. The second-order valence-electron chi connectivity index (χ2n) is 2.04. The second kappa shape index (κ2) is 4.32. The molecule has 8 heteroatoms. The van der Waals surface area contributed by atoms with E-state index in [1.54, 1.807) is 0 Å². The van der Waals surface area contributed by atoms with E-state index in [0.29, 0.717) is 0 Å². The molecule has 0 aromatic carbocycles. The molecule has 1 heterocycles. The first-order valence-corrected chi connectivity index (χ1v) is 5.01. The van der Waals surface area contributed by atoms with Gasteiger partial charge in [0.25, 0.3) is 0 Å². The Balaban J connectivity index is 3.15. The normalized spacial score (nSPS) is 11.8. The van der Waals surface area contributed by atoms with Gasteiger partial charge in [0, 0.05) is 0 Å². The summed E-state index contributed by atoms with van der Waals surface area (Å²) in [5.41, 5.74) is 0. The maximum Gasteiger partial charge on any atom is 0.227 e. The maximum absolute atomic E-state index is 5.75. The number of rotatable bonds is 2. The van der Waals surface area contributed by atoms with Crippen LogP contribution in [-0.4, -0.2) is 20.8 Å². The molecule has 0 radical (unpaired) electrons. The number of hydrogen-bond donors (Lipinski definition) is 0. The Bertz CT molecular complexity index is 295. The van der Waals surface area contributed by atoms with Crippen LogP contribution in [0.3, 0.4) is 0 Å². The van der Waals surface area contributed by atoms with E-state index in [1.807, 2.05) is 0 Å². The first kappa shape index (κ1) is 11.5. The lowest BCUT2D eigenvalue weighted by Gasteiger charge is -2.13. The van der Waals surface area contributed by atoms with Crippen molar-refractivity contribution < 1.29 is 0 Å². The average molecular weight is 281 g/mol. The highest BCUT2D eigenvalue weighted by Crippen LogP contribution is 2.33. The molecule has 0 N–H and O–H groups in total. The van der Waals surface area contributed by atoms with E-state index in [0.717, 1.165) is 0 Å². The van der Waals surface area contributed by atoms with Gasteiger partial charge in [-0.25, -0.2) is 0 Å². The first-order valence-electron chi connectivity index (χ1n) is 2.97. The number of hydrogen-bond acceptors (Lipinski definition) is 3. The van der Waals surface area contributed by atoms with Crippen LogP contribution in [-0.2, 0) is 4.33 Å². The third-order valence-corrected chi connectivity index (χ3v) is 2.69. The van der Waals surface area contributed by atoms with Gasteiger partial charge < -0.3 is 0 Å². The summed E-state index contributed by atoms with van der Waals surface area (Å²) in [5, 5.41) is -0.156. The summed E-state index contributed by atoms with van der Waals surface area (Å²) < 4.78 is -1.40. The number of alkyl halides is 3. The minimum atomic E-state index is -1.40. The molecule has 0 aliphatic rings. The molecule has 0 saturated carbocycles. The second-order valence-corrected chi connectivity index (χ2v) is 4.46. The van der Waals surface area contributed by atoms with Crippen molar-refractivity contribution in [3.05, 3.63) is 16.4 Å². The van der Waals surface area contributed by atoms with Crippen LogP contribution in [0.25, 0.3) is 0 Å². The average Bonchev–Trinajstić information content (AvgIpc) is 2.02. The quantitative estimate of drug-likeness (QED) is 0.782. The van der Waals surface area contributed by atoms with Crippen LogP contribution < -0.4 is 0 Å². The van der Waals surface area contributed by atoms with E-state index in [2.05, 4.69) is 15.0 Å². The van der Waals surface area contributed by atoms with Crippen LogP contribution in [0, 0.1) is 0 Å². The molecule has 0 spiro atoms. The highest BCUT2D eigenvalue weighted by Gasteiger charge is 2.30. The lowest BCUT2D eigenvalue weighted by Crippen LogP contribution is -2.17. The van der Waals surface area contributed by atoms with E-state index in [1.165, 1.54) is 0 Å². The third kappa shape index (κ3) is 2.96. The van der Waals surface area contributed by atoms with Crippen LogP contribution >= 0.6 is 58.0 Å². The van der Waals surface area contributed by atoms with Crippen LogP contribution in [0.15, 0.2) is 0 Å². The smallest absolute Gasteiger partial charge is 0.199 e. The molecule has 0 amide bonds. The van der Waals surface area contributed by atoms with Gasteiger partial charge in [-0.15, -0.1) is 11.6 Å². The minimum Gasteiger partial charge on any atom is -0.199 e. The predicted octanol–water partition coefficient (Wildman–Crippen LogP) is 3.05. The zero-order valence-electron chi connectivity index (χ0n) is 5.94. The lowest BCUT2D eigenvalue weighted by molar-refractivity contribution is 0.825. The van der Waals surface area contributed by atoms with Crippen LogP contribution in [0.2, 0.25) is 10.6 Å². The monoisotopic (exact) mass is 279 g/mol. The van der Waals surface area contributed by atoms with Gasteiger partial charge in [0.1, 0.15) is 0 Å². The van der Waals surface area contributed by atoms with Crippen molar-refractivity contribution in [3.8, 4) is 0 Å². The molecule has 0 aliphatic carbocycles. The first-order chi connectivity index (χ1) is 5.95. The summed E-state index contributed by atoms with van der Waals surface area (Å²) in [5.74, 6) is -0.0388. The zero-order valence-corrected chi connectivity index (χ0v) is 9.72. The number of nitrogens with zero attached hydrogens (tertiary/aromatic N) is 3. The summed E-state index contributed by atoms with van der Waals surface area (Å²) >= 11 is 28.0. The Hall–Kier alpha value is 0.460. The fourth-order valence-electron chi connectivity index (χ4n) is 0.549. The summed E-state index contributed by atoms with van der Waals surface area (Å²) in [4.78, 5) is 10.9. The summed E-state index contributed by atoms with van der Waals surface area (Å²) in [6, 6.07) is 0. The maximum atomic E-state index is 5.75. The number of aromatic nitrogens is 3. The molecule has 1 rings (SSSR count). The van der Waals surface area contributed by atoms with E-state index in [4.69, 9.17) is 58.0 Å². The van der Waals surface area contributed by atoms with Gasteiger partial charge in [0.15, 0.2) is 10.2 Å². The SMILES string of the molecule is ClCC(Cl)(Cl)c1nc(Cl)nc(Cl)n1. The fraction of sp³-hybridized carbons (Fsp3) is 0.400. The molecule has 0 unspecified atom stereocenters. The molecule has 0 saturated heterocycles. The largest absolute Gasteiger partial charge is 0.227 e. The van der Waals surface area contributed by atoms with Gasteiger partial charge in [-0.1, -0.05) is 23.2 Å². The topological polar surface area (TPSA) is 38.7 Å². The molecule has 72 valence electrons. The van der Waals surface area contributed by atoms with Crippen LogP contribution in [0.1, 0.15) is 5.82 Å². The Kier molecular flexibility index (Phi) is 3.83.